The van der Waals surface area contributed by atoms with Crippen molar-refractivity contribution in [2.75, 3.05) is 0 Å². The monoisotopic (exact) mass is 340 g/mol. The number of halogens is 1. The fourth-order valence-corrected chi connectivity index (χ4v) is 3.31. The Labute approximate surface area is 128 Å². The minimum absolute atomic E-state index is 0.138. The zero-order valence-corrected chi connectivity index (χ0v) is 13.4. The van der Waals surface area contributed by atoms with Crippen LogP contribution in [0.2, 0.25) is 0 Å². The number of nitro benzene ring substituents is 1. The van der Waals surface area contributed by atoms with Gasteiger partial charge in [0.2, 0.25) is 0 Å². The van der Waals surface area contributed by atoms with Crippen molar-refractivity contribution in [3.63, 3.8) is 0 Å². The fourth-order valence-electron chi connectivity index (χ4n) is 2.92. The van der Waals surface area contributed by atoms with Crippen molar-refractivity contribution in [3.05, 3.63) is 38.3 Å². The summed E-state index contributed by atoms with van der Waals surface area (Å²) in [6.07, 6.45) is 6.33. The van der Waals surface area contributed by atoms with Crippen molar-refractivity contribution in [2.45, 2.75) is 51.6 Å². The Kier molecular flexibility index (Phi) is 5.54. The molecule has 0 aliphatic heterocycles. The maximum absolute atomic E-state index is 10.9. The van der Waals surface area contributed by atoms with Crippen LogP contribution in [-0.4, -0.2) is 11.0 Å². The molecule has 1 aromatic rings. The van der Waals surface area contributed by atoms with Gasteiger partial charge in [0.25, 0.3) is 5.69 Å². The Morgan fingerprint density at radius 3 is 2.95 bits per heavy atom. The van der Waals surface area contributed by atoms with Crippen LogP contribution in [0.25, 0.3) is 0 Å². The quantitative estimate of drug-likeness (QED) is 0.637. The lowest BCUT2D eigenvalue weighted by molar-refractivity contribution is -0.385. The van der Waals surface area contributed by atoms with Gasteiger partial charge in [-0.25, -0.2) is 0 Å². The topological polar surface area (TPSA) is 55.2 Å². The first-order valence-electron chi connectivity index (χ1n) is 7.26. The number of benzene rings is 1. The van der Waals surface area contributed by atoms with E-state index in [1.807, 2.05) is 6.07 Å². The molecule has 1 N–H and O–H groups in total. The van der Waals surface area contributed by atoms with E-state index in [4.69, 9.17) is 0 Å². The molecule has 1 saturated carbocycles. The van der Waals surface area contributed by atoms with Gasteiger partial charge in [-0.3, -0.25) is 10.1 Å². The van der Waals surface area contributed by atoms with Crippen LogP contribution in [0.5, 0.6) is 0 Å². The Morgan fingerprint density at radius 1 is 1.45 bits per heavy atom. The van der Waals surface area contributed by atoms with Crippen LogP contribution in [0.1, 0.15) is 44.6 Å². The first-order chi connectivity index (χ1) is 9.60. The van der Waals surface area contributed by atoms with E-state index in [2.05, 4.69) is 28.2 Å². The smallest absolute Gasteiger partial charge is 0.283 e. The molecule has 2 atom stereocenters. The third-order valence-corrected chi connectivity index (χ3v) is 4.83. The maximum atomic E-state index is 10.9. The zero-order chi connectivity index (χ0) is 14.5. The Hall–Kier alpha value is -0.940. The predicted octanol–water partition coefficient (Wildman–Crippen LogP) is 4.42. The van der Waals surface area contributed by atoms with Crippen molar-refractivity contribution in [2.24, 2.45) is 5.92 Å². The molecule has 20 heavy (non-hydrogen) atoms. The van der Waals surface area contributed by atoms with Gasteiger partial charge < -0.3 is 5.32 Å². The summed E-state index contributed by atoms with van der Waals surface area (Å²) < 4.78 is 0.537. The first kappa shape index (κ1) is 15.4. The predicted molar refractivity (Wildman–Crippen MR) is 83.7 cm³/mol. The molecule has 5 heteroatoms. The van der Waals surface area contributed by atoms with Crippen LogP contribution in [-0.2, 0) is 6.54 Å². The second-order valence-electron chi connectivity index (χ2n) is 5.56. The molecule has 1 aliphatic rings. The Morgan fingerprint density at radius 2 is 2.25 bits per heavy atom. The van der Waals surface area contributed by atoms with Crippen molar-refractivity contribution in [3.8, 4) is 0 Å². The molecule has 4 nitrogen and oxygen atoms in total. The summed E-state index contributed by atoms with van der Waals surface area (Å²) in [5, 5.41) is 14.5. The molecule has 0 radical (unpaired) electrons. The molecule has 0 bridgehead atoms. The van der Waals surface area contributed by atoms with Gasteiger partial charge in [-0.1, -0.05) is 32.3 Å². The van der Waals surface area contributed by atoms with Crippen molar-refractivity contribution in [1.29, 1.82) is 0 Å². The van der Waals surface area contributed by atoms with Crippen LogP contribution in [0.15, 0.2) is 22.7 Å². The number of nitrogens with one attached hydrogen (secondary N) is 1. The number of hydrogen-bond acceptors (Lipinski definition) is 3. The second kappa shape index (κ2) is 7.18. The summed E-state index contributed by atoms with van der Waals surface area (Å²) in [7, 11) is 0. The SMILES string of the molecule is CCC1CCCC(NCc2ccc(Br)c([N+](=O)[O-])c2)C1. The van der Waals surface area contributed by atoms with Crippen LogP contribution in [0.4, 0.5) is 5.69 Å². The van der Waals surface area contributed by atoms with Gasteiger partial charge in [-0.05, 0) is 46.3 Å². The van der Waals surface area contributed by atoms with Crippen molar-refractivity contribution >= 4 is 21.6 Å². The lowest BCUT2D eigenvalue weighted by atomic mass is 9.84. The van der Waals surface area contributed by atoms with E-state index in [0.29, 0.717) is 17.1 Å². The Balaban J connectivity index is 1.93. The van der Waals surface area contributed by atoms with Gasteiger partial charge in [-0.2, -0.15) is 0 Å². The van der Waals surface area contributed by atoms with Gasteiger partial charge in [0.05, 0.1) is 9.40 Å². The standard InChI is InChI=1S/C15H21BrN2O2/c1-2-11-4-3-5-13(8-11)17-10-12-6-7-14(16)15(9-12)18(19)20/h6-7,9,11,13,17H,2-5,8,10H2,1H3. The van der Waals surface area contributed by atoms with E-state index in [9.17, 15) is 10.1 Å². The summed E-state index contributed by atoms with van der Waals surface area (Å²) in [5.74, 6) is 0.834. The molecule has 2 rings (SSSR count). The van der Waals surface area contributed by atoms with E-state index >= 15 is 0 Å². The number of hydrogen-bond donors (Lipinski definition) is 1. The molecule has 110 valence electrons. The molecule has 0 heterocycles. The van der Waals surface area contributed by atoms with E-state index in [1.165, 1.54) is 32.1 Å². The largest absolute Gasteiger partial charge is 0.310 e. The molecule has 0 amide bonds. The lowest BCUT2D eigenvalue weighted by Gasteiger charge is -2.29. The molecular formula is C15H21BrN2O2. The number of nitrogens with zero attached hydrogens (tertiary/aromatic N) is 1. The highest BCUT2D eigenvalue weighted by molar-refractivity contribution is 9.10. The van der Waals surface area contributed by atoms with Gasteiger partial charge in [0, 0.05) is 18.7 Å². The summed E-state index contributed by atoms with van der Waals surface area (Å²) in [6, 6.07) is 5.89. The molecular weight excluding hydrogens is 320 g/mol. The highest BCUT2D eigenvalue weighted by Gasteiger charge is 2.20. The van der Waals surface area contributed by atoms with Gasteiger partial charge in [0.15, 0.2) is 0 Å². The normalized spacial score (nSPS) is 22.7. The highest BCUT2D eigenvalue weighted by atomic mass is 79.9. The molecule has 0 aromatic heterocycles. The molecule has 1 aliphatic carbocycles. The first-order valence-corrected chi connectivity index (χ1v) is 8.05. The zero-order valence-electron chi connectivity index (χ0n) is 11.8. The third-order valence-electron chi connectivity index (χ3n) is 4.16. The number of rotatable bonds is 5. The molecule has 0 spiro atoms. The number of nitro groups is 1. The van der Waals surface area contributed by atoms with E-state index in [-0.39, 0.29) is 10.6 Å². The Bertz CT molecular complexity index is 479. The summed E-state index contributed by atoms with van der Waals surface area (Å²) in [4.78, 5) is 10.6. The van der Waals surface area contributed by atoms with Crippen molar-refractivity contribution < 1.29 is 4.92 Å². The summed E-state index contributed by atoms with van der Waals surface area (Å²) >= 11 is 3.21. The molecule has 1 fully saturated rings. The van der Waals surface area contributed by atoms with Crippen LogP contribution >= 0.6 is 15.9 Å². The van der Waals surface area contributed by atoms with E-state index in [1.54, 1.807) is 12.1 Å². The third kappa shape index (κ3) is 4.03. The highest BCUT2D eigenvalue weighted by Crippen LogP contribution is 2.28. The maximum Gasteiger partial charge on any atom is 0.283 e. The minimum atomic E-state index is -0.346. The molecule has 0 saturated heterocycles. The van der Waals surface area contributed by atoms with Crippen molar-refractivity contribution in [1.82, 2.24) is 5.32 Å². The van der Waals surface area contributed by atoms with Gasteiger partial charge >= 0.3 is 0 Å². The van der Waals surface area contributed by atoms with E-state index in [0.717, 1.165) is 11.5 Å². The minimum Gasteiger partial charge on any atom is -0.310 e. The molecule has 1 aromatic carbocycles. The van der Waals surface area contributed by atoms with Crippen LogP contribution in [0.3, 0.4) is 0 Å². The van der Waals surface area contributed by atoms with E-state index < -0.39 is 0 Å². The average Bonchev–Trinajstić information content (AvgIpc) is 2.46. The summed E-state index contributed by atoms with van der Waals surface area (Å²) in [6.45, 7) is 2.96. The van der Waals surface area contributed by atoms with Gasteiger partial charge in [-0.15, -0.1) is 0 Å². The van der Waals surface area contributed by atoms with Gasteiger partial charge in [0.1, 0.15) is 0 Å². The average molecular weight is 341 g/mol. The summed E-state index contributed by atoms with van der Waals surface area (Å²) in [5.41, 5.74) is 1.11. The van der Waals surface area contributed by atoms with Crippen LogP contribution in [0, 0.1) is 16.0 Å². The second-order valence-corrected chi connectivity index (χ2v) is 6.42. The lowest BCUT2D eigenvalue weighted by Crippen LogP contribution is -2.33. The van der Waals surface area contributed by atoms with Crippen LogP contribution < -0.4 is 5.32 Å². The fraction of sp³-hybridized carbons (Fsp3) is 0.600. The molecule has 2 unspecified atom stereocenters.